The molecule has 0 atom stereocenters. The van der Waals surface area contributed by atoms with Gasteiger partial charge in [-0.1, -0.05) is 0 Å². The van der Waals surface area contributed by atoms with E-state index in [2.05, 4.69) is 16.0 Å². The maximum Gasteiger partial charge on any atom is 0.275 e. The third kappa shape index (κ3) is 1.04. The predicted molar refractivity (Wildman–Crippen MR) is 58.0 cm³/mol. The minimum atomic E-state index is -0.158. The number of nitrogens with one attached hydrogen (secondary N) is 1. The van der Waals surface area contributed by atoms with Gasteiger partial charge in [0.25, 0.3) is 5.56 Å². The topological polar surface area (TPSA) is 74.5 Å². The summed E-state index contributed by atoms with van der Waals surface area (Å²) in [5.41, 5.74) is 2.47. The first-order valence-electron chi connectivity index (χ1n) is 5.32. The van der Waals surface area contributed by atoms with Crippen LogP contribution >= 0.6 is 0 Å². The van der Waals surface area contributed by atoms with Crippen LogP contribution in [0.3, 0.4) is 0 Å². The van der Waals surface area contributed by atoms with Crippen molar-refractivity contribution in [1.82, 2.24) is 14.5 Å². The molecule has 5 heteroatoms. The van der Waals surface area contributed by atoms with Crippen LogP contribution in [-0.2, 0) is 13.0 Å². The molecular weight excluding hydrogens is 204 g/mol. The number of nitriles is 1. The second-order valence-corrected chi connectivity index (χ2v) is 3.97. The summed E-state index contributed by atoms with van der Waals surface area (Å²) in [6.07, 6.45) is 4.34. The molecule has 2 aromatic heterocycles. The molecule has 0 unspecified atom stereocenters. The number of aromatic amines is 1. The van der Waals surface area contributed by atoms with Crippen LogP contribution in [0.4, 0.5) is 0 Å². The second kappa shape index (κ2) is 3.20. The zero-order valence-corrected chi connectivity index (χ0v) is 8.66. The third-order valence-corrected chi connectivity index (χ3v) is 3.11. The molecule has 3 rings (SSSR count). The van der Waals surface area contributed by atoms with Gasteiger partial charge in [0.15, 0.2) is 0 Å². The number of nitrogens with zero attached hydrogens (tertiary/aromatic N) is 3. The molecular formula is C11H10N4O. The summed E-state index contributed by atoms with van der Waals surface area (Å²) in [5.74, 6) is 0. The smallest absolute Gasteiger partial charge is 0.275 e. The lowest BCUT2D eigenvalue weighted by Gasteiger charge is -2.15. The fraction of sp³-hybridized carbons (Fsp3) is 0.364. The van der Waals surface area contributed by atoms with E-state index in [1.165, 1.54) is 6.33 Å². The Morgan fingerprint density at radius 3 is 3.19 bits per heavy atom. The number of fused-ring (bicyclic) bond motifs is 3. The van der Waals surface area contributed by atoms with Gasteiger partial charge in [-0.15, -0.1) is 0 Å². The highest BCUT2D eigenvalue weighted by Crippen LogP contribution is 2.26. The van der Waals surface area contributed by atoms with Crippen molar-refractivity contribution in [2.24, 2.45) is 0 Å². The van der Waals surface area contributed by atoms with Crippen LogP contribution in [0.2, 0.25) is 0 Å². The molecule has 1 aliphatic heterocycles. The van der Waals surface area contributed by atoms with Crippen LogP contribution < -0.4 is 5.56 Å². The average molecular weight is 214 g/mol. The van der Waals surface area contributed by atoms with Crippen molar-refractivity contribution in [3.8, 4) is 6.07 Å². The molecule has 5 nitrogen and oxygen atoms in total. The lowest BCUT2D eigenvalue weighted by molar-refractivity contribution is 0.543. The first-order chi connectivity index (χ1) is 7.83. The number of hydrogen-bond donors (Lipinski definition) is 1. The molecule has 2 aromatic rings. The maximum absolute atomic E-state index is 11.8. The predicted octanol–water partition coefficient (Wildman–Crippen LogP) is 0.933. The first-order valence-corrected chi connectivity index (χ1v) is 5.32. The van der Waals surface area contributed by atoms with Gasteiger partial charge < -0.3 is 9.55 Å². The standard InChI is InChI=1S/C11H10N4O/c12-5-7-8-3-1-2-4-15(8)10-9(7)13-6-14-11(10)16/h6H,1-4H2,(H,13,14,16). The molecule has 0 fully saturated rings. The minimum Gasteiger partial charge on any atom is -0.337 e. The van der Waals surface area contributed by atoms with Crippen molar-refractivity contribution in [2.75, 3.05) is 0 Å². The normalized spacial score (nSPS) is 14.7. The van der Waals surface area contributed by atoms with Crippen molar-refractivity contribution in [3.63, 3.8) is 0 Å². The van der Waals surface area contributed by atoms with E-state index in [0.29, 0.717) is 16.6 Å². The van der Waals surface area contributed by atoms with Crippen molar-refractivity contribution in [2.45, 2.75) is 25.8 Å². The summed E-state index contributed by atoms with van der Waals surface area (Å²) >= 11 is 0. The van der Waals surface area contributed by atoms with Gasteiger partial charge in [-0.25, -0.2) is 4.98 Å². The Morgan fingerprint density at radius 1 is 1.50 bits per heavy atom. The van der Waals surface area contributed by atoms with E-state index >= 15 is 0 Å². The molecule has 0 aromatic carbocycles. The summed E-state index contributed by atoms with van der Waals surface area (Å²) in [4.78, 5) is 18.4. The Kier molecular flexibility index (Phi) is 1.83. The van der Waals surface area contributed by atoms with Gasteiger partial charge >= 0.3 is 0 Å². The Hall–Kier alpha value is -2.09. The number of H-pyrrole nitrogens is 1. The van der Waals surface area contributed by atoms with Crippen LogP contribution in [0.15, 0.2) is 11.1 Å². The largest absolute Gasteiger partial charge is 0.337 e. The van der Waals surface area contributed by atoms with Gasteiger partial charge in [0.05, 0.1) is 11.9 Å². The van der Waals surface area contributed by atoms with Crippen LogP contribution in [0, 0.1) is 11.3 Å². The summed E-state index contributed by atoms with van der Waals surface area (Å²) < 4.78 is 1.95. The van der Waals surface area contributed by atoms with Gasteiger partial charge in [-0.2, -0.15) is 5.26 Å². The molecule has 0 amide bonds. The Labute approximate surface area is 91.3 Å². The number of rotatable bonds is 0. The van der Waals surface area contributed by atoms with Gasteiger partial charge in [0, 0.05) is 12.2 Å². The second-order valence-electron chi connectivity index (χ2n) is 3.97. The molecule has 1 aliphatic rings. The molecule has 0 saturated carbocycles. The molecule has 0 aliphatic carbocycles. The zero-order valence-electron chi connectivity index (χ0n) is 8.66. The van der Waals surface area contributed by atoms with Crippen molar-refractivity contribution < 1.29 is 0 Å². The number of aromatic nitrogens is 3. The lowest BCUT2D eigenvalue weighted by Crippen LogP contribution is -2.15. The Bertz CT molecular complexity index is 659. The van der Waals surface area contributed by atoms with E-state index in [1.807, 2.05) is 4.57 Å². The zero-order chi connectivity index (χ0) is 11.1. The van der Waals surface area contributed by atoms with E-state index in [-0.39, 0.29) is 5.56 Å². The SMILES string of the molecule is N#Cc1c2n(c3c(=O)[nH]cnc13)CCCC2. The summed E-state index contributed by atoms with van der Waals surface area (Å²) in [6, 6.07) is 2.17. The molecule has 16 heavy (non-hydrogen) atoms. The first kappa shape index (κ1) is 9.16. The minimum absolute atomic E-state index is 0.158. The fourth-order valence-electron chi connectivity index (χ4n) is 2.42. The van der Waals surface area contributed by atoms with E-state index < -0.39 is 0 Å². The average Bonchev–Trinajstić information content (AvgIpc) is 2.64. The molecule has 0 spiro atoms. The molecule has 0 saturated heterocycles. The van der Waals surface area contributed by atoms with Gasteiger partial charge in [0.2, 0.25) is 0 Å². The molecule has 3 heterocycles. The van der Waals surface area contributed by atoms with Crippen molar-refractivity contribution >= 4 is 11.0 Å². The number of hydrogen-bond acceptors (Lipinski definition) is 3. The summed E-state index contributed by atoms with van der Waals surface area (Å²) in [5, 5.41) is 9.16. The summed E-state index contributed by atoms with van der Waals surface area (Å²) in [7, 11) is 0. The van der Waals surface area contributed by atoms with Crippen LogP contribution in [-0.4, -0.2) is 14.5 Å². The van der Waals surface area contributed by atoms with E-state index in [1.54, 1.807) is 0 Å². The van der Waals surface area contributed by atoms with E-state index in [4.69, 9.17) is 5.26 Å². The van der Waals surface area contributed by atoms with E-state index in [0.717, 1.165) is 31.5 Å². The third-order valence-electron chi connectivity index (χ3n) is 3.11. The highest BCUT2D eigenvalue weighted by atomic mass is 16.1. The van der Waals surface area contributed by atoms with Crippen LogP contribution in [0.25, 0.3) is 11.0 Å². The van der Waals surface area contributed by atoms with Crippen LogP contribution in [0.1, 0.15) is 24.1 Å². The molecule has 80 valence electrons. The van der Waals surface area contributed by atoms with Gasteiger partial charge in [0.1, 0.15) is 17.1 Å². The van der Waals surface area contributed by atoms with Crippen LogP contribution in [0.5, 0.6) is 0 Å². The van der Waals surface area contributed by atoms with Gasteiger partial charge in [-0.3, -0.25) is 4.79 Å². The molecule has 0 radical (unpaired) electrons. The summed E-state index contributed by atoms with van der Waals surface area (Å²) in [6.45, 7) is 0.808. The maximum atomic E-state index is 11.8. The van der Waals surface area contributed by atoms with E-state index in [9.17, 15) is 4.79 Å². The Morgan fingerprint density at radius 2 is 2.38 bits per heavy atom. The Balaban J connectivity index is 2.53. The van der Waals surface area contributed by atoms with Gasteiger partial charge in [-0.05, 0) is 19.3 Å². The molecule has 1 N–H and O–H groups in total. The van der Waals surface area contributed by atoms with Crippen molar-refractivity contribution in [1.29, 1.82) is 5.26 Å². The lowest BCUT2D eigenvalue weighted by atomic mass is 10.1. The van der Waals surface area contributed by atoms with Crippen molar-refractivity contribution in [3.05, 3.63) is 27.9 Å². The highest BCUT2D eigenvalue weighted by Gasteiger charge is 2.22. The highest BCUT2D eigenvalue weighted by molar-refractivity contribution is 5.83. The monoisotopic (exact) mass is 214 g/mol. The quantitative estimate of drug-likeness (QED) is 0.709. The number of aryl methyl sites for hydroxylation is 1. The molecule has 0 bridgehead atoms. The fourth-order valence-corrected chi connectivity index (χ4v) is 2.42.